The Balaban J connectivity index is 0. The van der Waals surface area contributed by atoms with Crippen LogP contribution in [0.2, 0.25) is 0 Å². The number of rotatable bonds is 4. The molecule has 0 aliphatic carbocycles. The molecule has 2 fully saturated rings. The molecule has 2 saturated heterocycles. The van der Waals surface area contributed by atoms with Gasteiger partial charge in [-0.3, -0.25) is 19.8 Å². The number of hydrogen-bond acceptors (Lipinski definition) is 18. The van der Waals surface area contributed by atoms with Crippen LogP contribution >= 0.6 is 0 Å². The van der Waals surface area contributed by atoms with Gasteiger partial charge in [-0.1, -0.05) is 0 Å². The molecule has 2 aromatic rings. The van der Waals surface area contributed by atoms with Crippen LogP contribution in [0.3, 0.4) is 0 Å². The van der Waals surface area contributed by atoms with E-state index in [1.54, 1.807) is 0 Å². The molecular weight excluding hydrogens is 1080 g/mol. The quantitative estimate of drug-likeness (QED) is 0.185. The number of aromatic nitrogens is 2. The summed E-state index contributed by atoms with van der Waals surface area (Å²) in [6.07, 6.45) is 7.30. The van der Waals surface area contributed by atoms with Gasteiger partial charge in [0.15, 0.2) is 20.2 Å². The van der Waals surface area contributed by atoms with Crippen LogP contribution < -0.4 is 0 Å². The minimum atomic E-state index is -6.09. The van der Waals surface area contributed by atoms with Crippen LogP contribution in [0, 0.1) is 0 Å². The first-order valence-corrected chi connectivity index (χ1v) is 21.1. The Morgan fingerprint density at radius 1 is 0.435 bits per heavy atom. The summed E-state index contributed by atoms with van der Waals surface area (Å²) < 4.78 is 162. The molecule has 368 valence electrons. The Morgan fingerprint density at radius 3 is 0.790 bits per heavy atom. The predicted molar refractivity (Wildman–Crippen MR) is 197 cm³/mol. The first kappa shape index (κ1) is 62.9. The van der Waals surface area contributed by atoms with E-state index >= 15 is 0 Å². The number of ether oxygens (including phenoxy) is 8. The van der Waals surface area contributed by atoms with Gasteiger partial charge < -0.3 is 47.0 Å². The van der Waals surface area contributed by atoms with E-state index in [0.29, 0.717) is 106 Å². The zero-order chi connectivity index (χ0) is 44.6. The second-order valence-corrected chi connectivity index (χ2v) is 14.7. The largest absolute Gasteiger partial charge is 1.00 e. The summed E-state index contributed by atoms with van der Waals surface area (Å²) in [4.78, 5) is 12.8. The molecule has 4 heterocycles. The van der Waals surface area contributed by atoms with Gasteiger partial charge in [-0.25, -0.2) is 16.8 Å². The van der Waals surface area contributed by atoms with E-state index in [4.69, 9.17) is 63.8 Å². The minimum absolute atomic E-state index is 0. The van der Waals surface area contributed by atoms with E-state index in [1.807, 2.05) is 49.1 Å². The van der Waals surface area contributed by atoms with Crippen LogP contribution in [0.25, 0.3) is 0 Å². The molecule has 18 nitrogen and oxygen atoms in total. The number of alkyl halides is 6. The van der Waals surface area contributed by atoms with E-state index in [9.17, 15) is 26.3 Å². The van der Waals surface area contributed by atoms with Gasteiger partial charge >= 0.3 is 55.8 Å². The molecule has 62 heavy (non-hydrogen) atoms. The molecule has 2 aromatic heterocycles. The molecule has 0 radical (unpaired) electrons. The summed E-state index contributed by atoms with van der Waals surface area (Å²) in [5.41, 5.74) is -8.79. The summed E-state index contributed by atoms with van der Waals surface area (Å²) in [7, 11) is -12.2. The summed E-state index contributed by atoms with van der Waals surface area (Å²) in [5.74, 6) is 0. The summed E-state index contributed by atoms with van der Waals surface area (Å²) in [6, 6.07) is 8.16. The van der Waals surface area contributed by atoms with E-state index < -0.39 is 31.3 Å². The molecule has 2 aliphatic heterocycles. The third kappa shape index (κ3) is 35.1. The second-order valence-electron chi connectivity index (χ2n) is 12.0. The van der Waals surface area contributed by atoms with Crippen LogP contribution in [-0.2, 0) is 116 Å². The molecule has 0 saturated carbocycles. The fourth-order valence-corrected chi connectivity index (χ4v) is 4.33. The van der Waals surface area contributed by atoms with Crippen molar-refractivity contribution in [2.24, 2.45) is 0 Å². The molecule has 28 heteroatoms. The fraction of sp³-hybridized carbons (Fsp3) is 0.706. The van der Waals surface area contributed by atoms with Crippen LogP contribution in [0.4, 0.5) is 26.3 Å². The third-order valence-corrected chi connectivity index (χ3v) is 8.45. The van der Waals surface area contributed by atoms with Gasteiger partial charge in [0.1, 0.15) is 0 Å². The maximum atomic E-state index is 10.7. The maximum Gasteiger partial charge on any atom is 1.00 e. The Labute approximate surface area is 389 Å². The SMILES string of the molecule is O=S(=O)([O-])C(F)(F)F.O=S(=O)([O-])C(F)(F)F.[Ag+].[Ag+].c1cc(CN2CCOCCOCCOCCOCC2)ccn1.c1cc(CN2CCOCCOCCOCCOCC2)ccn1. The first-order chi connectivity index (χ1) is 28.4. The van der Waals surface area contributed by atoms with Gasteiger partial charge in [-0.05, 0) is 35.4 Å². The van der Waals surface area contributed by atoms with Crippen LogP contribution in [0.5, 0.6) is 0 Å². The smallest absolute Gasteiger partial charge is 0.741 e. The van der Waals surface area contributed by atoms with Crippen molar-refractivity contribution in [3.05, 3.63) is 60.2 Å². The Morgan fingerprint density at radius 2 is 0.613 bits per heavy atom. The predicted octanol–water partition coefficient (Wildman–Crippen LogP) is 2.03. The molecule has 0 atom stereocenters. The molecule has 0 unspecified atom stereocenters. The van der Waals surface area contributed by atoms with Crippen molar-refractivity contribution in [2.75, 3.05) is 132 Å². The van der Waals surface area contributed by atoms with E-state index in [0.717, 1.165) is 39.3 Å². The normalized spacial score (nSPS) is 18.5. The fourth-order valence-electron chi connectivity index (χ4n) is 4.33. The van der Waals surface area contributed by atoms with Gasteiger partial charge in [0, 0.05) is 64.1 Å². The molecule has 4 rings (SSSR count). The van der Waals surface area contributed by atoms with Crippen molar-refractivity contribution in [1.82, 2.24) is 19.8 Å². The van der Waals surface area contributed by atoms with E-state index in [1.165, 1.54) is 11.1 Å². The van der Waals surface area contributed by atoms with Gasteiger partial charge in [0.05, 0.1) is 106 Å². The van der Waals surface area contributed by atoms with Gasteiger partial charge in [0.2, 0.25) is 0 Å². The molecule has 0 N–H and O–H groups in total. The molecular formula is C34H52Ag2F6N4O14S2. The summed E-state index contributed by atoms with van der Waals surface area (Å²) in [5, 5.41) is 0. The van der Waals surface area contributed by atoms with Gasteiger partial charge in [0.25, 0.3) is 0 Å². The number of hydrogen-bond donors (Lipinski definition) is 0. The van der Waals surface area contributed by atoms with E-state index in [2.05, 4.69) is 19.8 Å². The van der Waals surface area contributed by atoms with E-state index in [-0.39, 0.29) is 44.8 Å². The average molecular weight is 1130 g/mol. The molecule has 2 aliphatic rings. The van der Waals surface area contributed by atoms with Crippen molar-refractivity contribution in [2.45, 2.75) is 24.1 Å². The first-order valence-electron chi connectivity index (χ1n) is 18.3. The Bertz CT molecular complexity index is 1420. The molecule has 0 amide bonds. The molecule has 0 spiro atoms. The molecule has 0 aromatic carbocycles. The molecule has 0 bridgehead atoms. The summed E-state index contributed by atoms with van der Waals surface area (Å²) in [6.45, 7) is 15.5. The zero-order valence-electron chi connectivity index (χ0n) is 33.4. The maximum absolute atomic E-state index is 10.7. The van der Waals surface area contributed by atoms with Crippen molar-refractivity contribution in [3.8, 4) is 0 Å². The van der Waals surface area contributed by atoms with Gasteiger partial charge in [-0.15, -0.1) is 0 Å². The average Bonchev–Trinajstić information content (AvgIpc) is 3.19. The van der Waals surface area contributed by atoms with Crippen LogP contribution in [-0.4, -0.2) is 189 Å². The summed E-state index contributed by atoms with van der Waals surface area (Å²) >= 11 is 0. The number of nitrogens with zero attached hydrogens (tertiary/aromatic N) is 4. The monoisotopic (exact) mass is 1130 g/mol. The second kappa shape index (κ2) is 36.9. The van der Waals surface area contributed by atoms with Gasteiger partial charge in [-0.2, -0.15) is 26.3 Å². The topological polar surface area (TPSA) is 220 Å². The Kier molecular flexibility index (Phi) is 37.5. The van der Waals surface area contributed by atoms with Crippen molar-refractivity contribution >= 4 is 20.2 Å². The number of pyridine rings is 2. The zero-order valence-corrected chi connectivity index (χ0v) is 38.0. The minimum Gasteiger partial charge on any atom is -0.741 e. The van der Waals surface area contributed by atoms with Crippen molar-refractivity contribution < 1.29 is 135 Å². The standard InChI is InChI=1S/2C16H26N2O4.2CHF3O3S.2Ag/c2*1-3-17-4-2-16(1)15-18-5-7-19-9-11-21-13-14-22-12-10-20-8-6-18;2*2-1(3,4)8(5,6)7;;/h2*1-4H,5-15H2;2*(H,5,6,7);;/q;;;;2*+1/p-2. The number of halogens is 6. The Hall–Kier alpha value is -1.22. The third-order valence-electron chi connectivity index (χ3n) is 7.32. The van der Waals surface area contributed by atoms with Crippen molar-refractivity contribution in [3.63, 3.8) is 0 Å². The van der Waals surface area contributed by atoms with Crippen LogP contribution in [0.1, 0.15) is 11.1 Å². The van der Waals surface area contributed by atoms with Crippen LogP contribution in [0.15, 0.2) is 49.1 Å². The van der Waals surface area contributed by atoms with Crippen molar-refractivity contribution in [1.29, 1.82) is 0 Å².